The molecule has 3 rings (SSSR count). The van der Waals surface area contributed by atoms with Gasteiger partial charge in [0.1, 0.15) is 18.2 Å². The van der Waals surface area contributed by atoms with Crippen molar-refractivity contribution in [3.63, 3.8) is 0 Å². The Bertz CT molecular complexity index is 671. The summed E-state index contributed by atoms with van der Waals surface area (Å²) in [5.41, 5.74) is 1.16. The molecule has 108 valence electrons. The molecular weight excluding hydrogens is 269 g/mol. The lowest BCUT2D eigenvalue weighted by Crippen LogP contribution is -2.45. The highest BCUT2D eigenvalue weighted by atomic mass is 19.1. The summed E-state index contributed by atoms with van der Waals surface area (Å²) < 4.78 is 19.3. The highest BCUT2D eigenvalue weighted by molar-refractivity contribution is 5.97. The molecule has 0 aliphatic carbocycles. The first kappa shape index (κ1) is 13.6. The molecule has 0 saturated carbocycles. The Labute approximate surface area is 123 Å². The third-order valence-electron chi connectivity index (χ3n) is 3.61. The van der Waals surface area contributed by atoms with E-state index in [1.54, 1.807) is 23.1 Å². The molecule has 4 heteroatoms. The largest absolute Gasteiger partial charge is 0.489 e. The van der Waals surface area contributed by atoms with Crippen molar-refractivity contribution in [1.82, 2.24) is 0 Å². The normalized spacial score (nSPS) is 17.0. The number of benzene rings is 2. The van der Waals surface area contributed by atoms with Crippen LogP contribution < -0.4 is 9.64 Å². The lowest BCUT2D eigenvalue weighted by atomic mass is 10.1. The maximum atomic E-state index is 13.7. The number of ether oxygens (including phenoxy) is 1. The first-order valence-electron chi connectivity index (χ1n) is 6.94. The highest BCUT2D eigenvalue weighted by Gasteiger charge is 2.29. The van der Waals surface area contributed by atoms with Crippen molar-refractivity contribution in [3.8, 4) is 5.75 Å². The molecule has 1 atom stereocenters. The Morgan fingerprint density at radius 1 is 1.24 bits per heavy atom. The quantitative estimate of drug-likeness (QED) is 0.848. The predicted octanol–water partition coefficient (Wildman–Crippen LogP) is 3.18. The Kier molecular flexibility index (Phi) is 3.60. The Balaban J connectivity index is 1.89. The third-order valence-corrected chi connectivity index (χ3v) is 3.61. The summed E-state index contributed by atoms with van der Waals surface area (Å²) >= 11 is 0. The fourth-order valence-corrected chi connectivity index (χ4v) is 2.57. The number of rotatable bonds is 2. The van der Waals surface area contributed by atoms with Gasteiger partial charge in [0.2, 0.25) is 5.91 Å². The number of hydrogen-bond acceptors (Lipinski definition) is 2. The van der Waals surface area contributed by atoms with Crippen molar-refractivity contribution < 1.29 is 13.9 Å². The van der Waals surface area contributed by atoms with Crippen molar-refractivity contribution in [2.45, 2.75) is 19.4 Å². The van der Waals surface area contributed by atoms with Gasteiger partial charge >= 0.3 is 0 Å². The summed E-state index contributed by atoms with van der Waals surface area (Å²) in [6.45, 7) is 2.37. The Morgan fingerprint density at radius 3 is 2.76 bits per heavy atom. The van der Waals surface area contributed by atoms with Crippen LogP contribution in [0.15, 0.2) is 48.5 Å². The molecule has 1 amide bonds. The highest BCUT2D eigenvalue weighted by Crippen LogP contribution is 2.33. The van der Waals surface area contributed by atoms with Crippen molar-refractivity contribution in [3.05, 3.63) is 59.9 Å². The summed E-state index contributed by atoms with van der Waals surface area (Å²) in [5.74, 6) is 0.223. The molecule has 0 bridgehead atoms. The number of carbonyl (C=O) groups is 1. The third kappa shape index (κ3) is 2.61. The van der Waals surface area contributed by atoms with Gasteiger partial charge in [-0.25, -0.2) is 4.39 Å². The van der Waals surface area contributed by atoms with Gasteiger partial charge in [0.15, 0.2) is 0 Å². The van der Waals surface area contributed by atoms with Crippen molar-refractivity contribution >= 4 is 11.6 Å². The van der Waals surface area contributed by atoms with Crippen molar-refractivity contribution in [2.24, 2.45) is 0 Å². The van der Waals surface area contributed by atoms with Crippen LogP contribution >= 0.6 is 0 Å². The van der Waals surface area contributed by atoms with Crippen LogP contribution in [0.2, 0.25) is 0 Å². The van der Waals surface area contributed by atoms with Crippen molar-refractivity contribution in [1.29, 1.82) is 0 Å². The van der Waals surface area contributed by atoms with Gasteiger partial charge in [0, 0.05) is 0 Å². The number of hydrogen-bond donors (Lipinski definition) is 0. The average Bonchev–Trinajstić information content (AvgIpc) is 2.49. The number of nitrogens with zero attached hydrogens (tertiary/aromatic N) is 1. The fraction of sp³-hybridized carbons (Fsp3) is 0.235. The van der Waals surface area contributed by atoms with Crippen LogP contribution in [0.25, 0.3) is 0 Å². The van der Waals surface area contributed by atoms with Gasteiger partial charge in [-0.1, -0.05) is 30.3 Å². The minimum atomic E-state index is -0.347. The molecule has 0 saturated heterocycles. The fourth-order valence-electron chi connectivity index (χ4n) is 2.57. The zero-order chi connectivity index (χ0) is 14.8. The zero-order valence-electron chi connectivity index (χ0n) is 11.8. The molecule has 0 fully saturated rings. The van der Waals surface area contributed by atoms with Gasteiger partial charge in [0.25, 0.3) is 0 Å². The summed E-state index contributed by atoms with van der Waals surface area (Å²) in [4.78, 5) is 14.3. The number of anilines is 1. The number of amides is 1. The van der Waals surface area contributed by atoms with E-state index in [0.717, 1.165) is 5.69 Å². The second-order valence-electron chi connectivity index (χ2n) is 5.16. The van der Waals surface area contributed by atoms with Gasteiger partial charge < -0.3 is 9.64 Å². The molecule has 0 spiro atoms. The molecular formula is C17H16FNO2. The van der Waals surface area contributed by atoms with E-state index in [1.807, 2.05) is 31.2 Å². The lowest BCUT2D eigenvalue weighted by Gasteiger charge is -2.35. The minimum absolute atomic E-state index is 0.0470. The van der Waals surface area contributed by atoms with E-state index in [9.17, 15) is 9.18 Å². The van der Waals surface area contributed by atoms with E-state index < -0.39 is 0 Å². The second kappa shape index (κ2) is 5.56. The molecule has 2 aromatic carbocycles. The summed E-state index contributed by atoms with van der Waals surface area (Å²) in [7, 11) is 0. The first-order chi connectivity index (χ1) is 10.2. The molecule has 0 radical (unpaired) electrons. The molecule has 3 nitrogen and oxygen atoms in total. The number of carbonyl (C=O) groups excluding carboxylic acids is 1. The molecule has 1 aliphatic heterocycles. The lowest BCUT2D eigenvalue weighted by molar-refractivity contribution is -0.118. The summed E-state index contributed by atoms with van der Waals surface area (Å²) in [6, 6.07) is 13.7. The van der Waals surface area contributed by atoms with Crippen LogP contribution in [0.3, 0.4) is 0 Å². The van der Waals surface area contributed by atoms with Gasteiger partial charge in [-0.15, -0.1) is 0 Å². The van der Waals surface area contributed by atoms with Crippen LogP contribution in [-0.2, 0) is 11.2 Å². The van der Waals surface area contributed by atoms with Crippen LogP contribution in [-0.4, -0.2) is 18.6 Å². The summed E-state index contributed by atoms with van der Waals surface area (Å²) in [6.07, 6.45) is 0.0470. The van der Waals surface area contributed by atoms with Crippen LogP contribution in [0.4, 0.5) is 10.1 Å². The standard InChI is InChI=1S/C17H16FNO2/c1-12-11-21-16-9-5-4-8-15(16)19(12)17(20)10-13-6-2-3-7-14(13)18/h2-9,12H,10-11H2,1H3. The molecule has 2 aromatic rings. The van der Waals surface area contributed by atoms with E-state index in [1.165, 1.54) is 6.07 Å². The van der Waals surface area contributed by atoms with Crippen LogP contribution in [0, 0.1) is 5.82 Å². The van der Waals surface area contributed by atoms with E-state index >= 15 is 0 Å². The van der Waals surface area contributed by atoms with Gasteiger partial charge in [0.05, 0.1) is 18.2 Å². The Morgan fingerprint density at radius 2 is 1.95 bits per heavy atom. The maximum Gasteiger partial charge on any atom is 0.231 e. The van der Waals surface area contributed by atoms with E-state index in [0.29, 0.717) is 17.9 Å². The van der Waals surface area contributed by atoms with E-state index in [-0.39, 0.29) is 24.2 Å². The first-order valence-corrected chi connectivity index (χ1v) is 6.94. The average molecular weight is 285 g/mol. The topological polar surface area (TPSA) is 29.5 Å². The monoisotopic (exact) mass is 285 g/mol. The smallest absolute Gasteiger partial charge is 0.231 e. The van der Waals surface area contributed by atoms with E-state index in [2.05, 4.69) is 0 Å². The van der Waals surface area contributed by atoms with Crippen LogP contribution in [0.5, 0.6) is 5.75 Å². The molecule has 0 aromatic heterocycles. The SMILES string of the molecule is CC1COc2ccccc2N1C(=O)Cc1ccccc1F. The van der Waals surface area contributed by atoms with Gasteiger partial charge in [-0.2, -0.15) is 0 Å². The van der Waals surface area contributed by atoms with E-state index in [4.69, 9.17) is 4.74 Å². The van der Waals surface area contributed by atoms with Gasteiger partial charge in [-0.05, 0) is 30.7 Å². The van der Waals surface area contributed by atoms with Crippen molar-refractivity contribution in [2.75, 3.05) is 11.5 Å². The summed E-state index contributed by atoms with van der Waals surface area (Å²) in [5, 5.41) is 0. The molecule has 0 N–H and O–H groups in total. The molecule has 21 heavy (non-hydrogen) atoms. The number of fused-ring (bicyclic) bond motifs is 1. The number of para-hydroxylation sites is 2. The molecule has 1 unspecified atom stereocenters. The predicted molar refractivity (Wildman–Crippen MR) is 79.0 cm³/mol. The minimum Gasteiger partial charge on any atom is -0.489 e. The van der Waals surface area contributed by atoms with Gasteiger partial charge in [-0.3, -0.25) is 4.79 Å². The number of halogens is 1. The Hall–Kier alpha value is -2.36. The maximum absolute atomic E-state index is 13.7. The van der Waals surface area contributed by atoms with Crippen LogP contribution in [0.1, 0.15) is 12.5 Å². The molecule has 1 aliphatic rings. The second-order valence-corrected chi connectivity index (χ2v) is 5.16. The molecule has 1 heterocycles. The zero-order valence-corrected chi connectivity index (χ0v) is 11.8.